The Labute approximate surface area is 138 Å². The number of hydrogen-bond donors (Lipinski definition) is 2. The monoisotopic (exact) mass is 315 g/mol. The Kier molecular flexibility index (Phi) is 3.55. The van der Waals surface area contributed by atoms with Gasteiger partial charge in [0.2, 0.25) is 0 Å². The highest BCUT2D eigenvalue weighted by molar-refractivity contribution is 5.92. The van der Waals surface area contributed by atoms with E-state index in [9.17, 15) is 0 Å². The third-order valence-electron chi connectivity index (χ3n) is 3.79. The lowest BCUT2D eigenvalue weighted by Gasteiger charge is -2.07. The van der Waals surface area contributed by atoms with Crippen LogP contribution in [0.3, 0.4) is 0 Å². The molecule has 3 heterocycles. The first-order chi connectivity index (χ1) is 11.8. The number of fused-ring (bicyclic) bond motifs is 1. The predicted octanol–water partition coefficient (Wildman–Crippen LogP) is 3.55. The molecule has 1 aromatic carbocycles. The van der Waals surface area contributed by atoms with Crippen molar-refractivity contribution in [1.82, 2.24) is 25.7 Å². The maximum atomic E-state index is 7.66. The Morgan fingerprint density at radius 2 is 2.00 bits per heavy atom. The van der Waals surface area contributed by atoms with Gasteiger partial charge in [0.25, 0.3) is 0 Å². The van der Waals surface area contributed by atoms with E-state index in [-0.39, 0.29) is 0 Å². The zero-order valence-corrected chi connectivity index (χ0v) is 12.8. The zero-order chi connectivity index (χ0) is 16.4. The van der Waals surface area contributed by atoms with Gasteiger partial charge < -0.3 is 16.0 Å². The van der Waals surface area contributed by atoms with Gasteiger partial charge in [-0.1, -0.05) is 12.1 Å². The van der Waals surface area contributed by atoms with E-state index in [1.54, 1.807) is 18.6 Å². The number of H-pyrrole nitrogens is 1. The molecule has 6 heteroatoms. The van der Waals surface area contributed by atoms with Gasteiger partial charge in [0, 0.05) is 36.0 Å². The molecule has 0 bridgehead atoms. The summed E-state index contributed by atoms with van der Waals surface area (Å²) in [4.78, 5) is 16.1. The molecule has 3 N–H and O–H groups in total. The van der Waals surface area contributed by atoms with Crippen molar-refractivity contribution >= 4 is 22.5 Å². The topological polar surface area (TPSA) is 90.3 Å². The van der Waals surface area contributed by atoms with Crippen LogP contribution in [0.2, 0.25) is 0 Å². The van der Waals surface area contributed by atoms with Gasteiger partial charge in [0.15, 0.2) is 0 Å². The van der Waals surface area contributed by atoms with E-state index >= 15 is 0 Å². The molecule has 3 aromatic heterocycles. The van der Waals surface area contributed by atoms with Crippen LogP contribution in [0, 0.1) is 0 Å². The van der Waals surface area contributed by atoms with Crippen LogP contribution >= 0.6 is 0 Å². The first kappa shape index (κ1) is 14.2. The smallest absolute Gasteiger partial charge is 0.137 e. The Balaban J connectivity index is 1.60. The minimum absolute atomic E-state index is 0.504. The molecule has 4 rings (SSSR count). The van der Waals surface area contributed by atoms with Gasteiger partial charge in [0.1, 0.15) is 17.8 Å². The molecule has 0 spiro atoms. The largest absolute Gasteiger partial charge is 0.366 e. The van der Waals surface area contributed by atoms with Crippen molar-refractivity contribution in [2.24, 2.45) is 0 Å². The average molecular weight is 315 g/mol. The maximum Gasteiger partial charge on any atom is 0.137 e. The number of benzene rings is 1. The molecule has 0 saturated carbocycles. The van der Waals surface area contributed by atoms with Crippen molar-refractivity contribution in [2.75, 3.05) is 5.32 Å². The number of nitrogens with zero attached hydrogens (tertiary/aromatic N) is 3. The third-order valence-corrected chi connectivity index (χ3v) is 3.79. The van der Waals surface area contributed by atoms with Gasteiger partial charge >= 0.3 is 0 Å². The van der Waals surface area contributed by atoms with E-state index in [0.717, 1.165) is 33.7 Å². The summed E-state index contributed by atoms with van der Waals surface area (Å²) in [5.74, 6) is 0.744. The minimum atomic E-state index is 0.504. The predicted molar refractivity (Wildman–Crippen MR) is 93.6 cm³/mol. The van der Waals surface area contributed by atoms with Crippen molar-refractivity contribution < 1.29 is 0 Å². The molecule has 6 nitrogen and oxygen atoms in total. The van der Waals surface area contributed by atoms with Gasteiger partial charge in [-0.3, -0.25) is 0 Å². The number of anilines is 1. The van der Waals surface area contributed by atoms with E-state index in [2.05, 4.69) is 25.3 Å². The lowest BCUT2D eigenvalue weighted by atomic mass is 10.1. The molecule has 0 atom stereocenters. The quantitative estimate of drug-likeness (QED) is 0.602. The van der Waals surface area contributed by atoms with Gasteiger partial charge in [-0.25, -0.2) is 15.0 Å². The van der Waals surface area contributed by atoms with Crippen LogP contribution in [-0.4, -0.2) is 19.9 Å². The molecule has 0 unspecified atom stereocenters. The molecule has 0 aliphatic rings. The number of nitrogens with one attached hydrogen (secondary N) is 3. The average Bonchev–Trinajstić information content (AvgIpc) is 3.04. The molecule has 1 radical (unpaired) electrons. The maximum absolute atomic E-state index is 7.66. The Bertz CT molecular complexity index is 991. The highest BCUT2D eigenvalue weighted by Gasteiger charge is 2.08. The summed E-state index contributed by atoms with van der Waals surface area (Å²) >= 11 is 0. The van der Waals surface area contributed by atoms with Crippen LogP contribution in [0.1, 0.15) is 5.56 Å². The molecule has 24 heavy (non-hydrogen) atoms. The van der Waals surface area contributed by atoms with Crippen LogP contribution in [0.4, 0.5) is 11.5 Å². The molecule has 0 aliphatic carbocycles. The first-order valence-corrected chi connectivity index (χ1v) is 7.58. The second-order valence-corrected chi connectivity index (χ2v) is 5.44. The first-order valence-electron chi connectivity index (χ1n) is 7.58. The second-order valence-electron chi connectivity index (χ2n) is 5.44. The van der Waals surface area contributed by atoms with Crippen molar-refractivity contribution in [3.8, 4) is 11.3 Å². The lowest BCUT2D eigenvalue weighted by Crippen LogP contribution is -2.02. The molecule has 0 fully saturated rings. The summed E-state index contributed by atoms with van der Waals surface area (Å²) in [6.45, 7) is 0.610. The Morgan fingerprint density at radius 1 is 1.04 bits per heavy atom. The highest BCUT2D eigenvalue weighted by Crippen LogP contribution is 2.26. The number of hydrogen-bond acceptors (Lipinski definition) is 4. The van der Waals surface area contributed by atoms with Gasteiger partial charge in [-0.15, -0.1) is 0 Å². The second kappa shape index (κ2) is 6.00. The van der Waals surface area contributed by atoms with E-state index < -0.39 is 0 Å². The third kappa shape index (κ3) is 2.77. The summed E-state index contributed by atoms with van der Waals surface area (Å²) in [7, 11) is 0. The zero-order valence-electron chi connectivity index (χ0n) is 12.8. The molecule has 4 aromatic rings. The van der Waals surface area contributed by atoms with E-state index in [0.29, 0.717) is 12.2 Å². The number of aromatic amines is 1. The fourth-order valence-electron chi connectivity index (χ4n) is 2.64. The lowest BCUT2D eigenvalue weighted by molar-refractivity contribution is 1.08. The fraction of sp³-hybridized carbons (Fsp3) is 0.0556. The van der Waals surface area contributed by atoms with Crippen LogP contribution in [0.25, 0.3) is 22.3 Å². The van der Waals surface area contributed by atoms with Crippen LogP contribution < -0.4 is 11.1 Å². The van der Waals surface area contributed by atoms with E-state index in [4.69, 9.17) is 5.73 Å². The summed E-state index contributed by atoms with van der Waals surface area (Å²) < 4.78 is 0. The van der Waals surface area contributed by atoms with Crippen molar-refractivity contribution in [3.63, 3.8) is 0 Å². The number of pyridine rings is 1. The van der Waals surface area contributed by atoms with Crippen molar-refractivity contribution in [2.45, 2.75) is 6.54 Å². The van der Waals surface area contributed by atoms with Crippen LogP contribution in [0.5, 0.6) is 0 Å². The fourth-order valence-corrected chi connectivity index (χ4v) is 2.64. The SMILES string of the molecule is [NH]c1cccc(CNc2cc(-c3c[nH]c4ncccc34)ncn2)c1. The van der Waals surface area contributed by atoms with Crippen LogP contribution in [-0.2, 0) is 6.54 Å². The van der Waals surface area contributed by atoms with Crippen molar-refractivity contribution in [1.29, 1.82) is 0 Å². The molecule has 0 amide bonds. The standard InChI is InChI=1S/C18H15N6/c19-13-4-1-3-12(7-13)9-21-17-8-16(23-11-24-17)15-10-22-18-14(15)5-2-6-20-18/h1-8,10-11,19H,9H2,(H,20,22)(H,21,23,24). The van der Waals surface area contributed by atoms with Gasteiger partial charge in [-0.2, -0.15) is 0 Å². The minimum Gasteiger partial charge on any atom is -0.366 e. The molecule has 0 saturated heterocycles. The Morgan fingerprint density at radius 3 is 2.92 bits per heavy atom. The van der Waals surface area contributed by atoms with E-state index in [1.807, 2.05) is 42.6 Å². The molecular weight excluding hydrogens is 300 g/mol. The normalized spacial score (nSPS) is 10.8. The van der Waals surface area contributed by atoms with Gasteiger partial charge in [0.05, 0.1) is 11.4 Å². The summed E-state index contributed by atoms with van der Waals surface area (Å²) in [5, 5.41) is 4.31. The summed E-state index contributed by atoms with van der Waals surface area (Å²) in [6.07, 6.45) is 5.22. The molecular formula is C18H15N6. The van der Waals surface area contributed by atoms with Crippen molar-refractivity contribution in [3.05, 3.63) is 66.7 Å². The Hall–Kier alpha value is -3.41. The van der Waals surface area contributed by atoms with Crippen LogP contribution in [0.15, 0.2) is 61.2 Å². The molecule has 0 aliphatic heterocycles. The number of rotatable bonds is 4. The summed E-state index contributed by atoms with van der Waals surface area (Å²) in [6, 6.07) is 13.3. The molecule has 117 valence electrons. The highest BCUT2D eigenvalue weighted by atomic mass is 15.0. The van der Waals surface area contributed by atoms with E-state index in [1.165, 1.54) is 0 Å². The van der Waals surface area contributed by atoms with Gasteiger partial charge in [-0.05, 0) is 29.8 Å². The number of aromatic nitrogens is 4. The summed E-state index contributed by atoms with van der Waals surface area (Å²) in [5.41, 5.74) is 11.9.